The van der Waals surface area contributed by atoms with Gasteiger partial charge in [-0.15, -0.1) is 0 Å². The van der Waals surface area contributed by atoms with E-state index in [1.54, 1.807) is 6.20 Å². The van der Waals surface area contributed by atoms with Crippen molar-refractivity contribution in [3.63, 3.8) is 0 Å². The Morgan fingerprint density at radius 1 is 1.64 bits per heavy atom. The minimum Gasteiger partial charge on any atom is -0.465 e. The van der Waals surface area contributed by atoms with Gasteiger partial charge in [-0.2, -0.15) is 4.98 Å². The highest BCUT2D eigenvalue weighted by Crippen LogP contribution is 2.11. The van der Waals surface area contributed by atoms with Crippen molar-refractivity contribution in [2.75, 3.05) is 12.3 Å². The van der Waals surface area contributed by atoms with Crippen molar-refractivity contribution in [2.45, 2.75) is 20.4 Å². The molecular weight excluding hydrogens is 142 g/mol. The van der Waals surface area contributed by atoms with Gasteiger partial charge in [-0.05, 0) is 13.8 Å². The largest absolute Gasteiger partial charge is 0.465 e. The van der Waals surface area contributed by atoms with E-state index in [4.69, 9.17) is 10.5 Å². The Bertz CT molecular complexity index is 232. The summed E-state index contributed by atoms with van der Waals surface area (Å²) in [5.74, 6) is 0.510. The van der Waals surface area contributed by atoms with Crippen molar-refractivity contribution in [2.24, 2.45) is 0 Å². The third kappa shape index (κ3) is 1.63. The second kappa shape index (κ2) is 3.27. The van der Waals surface area contributed by atoms with E-state index >= 15 is 0 Å². The lowest BCUT2D eigenvalue weighted by Gasteiger charge is -2.02. The van der Waals surface area contributed by atoms with Crippen LogP contribution in [-0.4, -0.2) is 16.2 Å². The zero-order valence-electron chi connectivity index (χ0n) is 6.87. The van der Waals surface area contributed by atoms with Crippen LogP contribution in [0, 0.1) is 0 Å². The number of hydrogen-bond donors (Lipinski definition) is 1. The first-order valence-corrected chi connectivity index (χ1v) is 3.73. The fourth-order valence-corrected chi connectivity index (χ4v) is 0.889. The summed E-state index contributed by atoms with van der Waals surface area (Å²) in [7, 11) is 0. The van der Waals surface area contributed by atoms with Gasteiger partial charge < -0.3 is 10.5 Å². The minimum absolute atomic E-state index is 0.510. The average molecular weight is 155 g/mol. The van der Waals surface area contributed by atoms with Gasteiger partial charge in [-0.25, -0.2) is 0 Å². The number of imidazole rings is 1. The predicted octanol–water partition coefficient (Wildman–Crippen LogP) is 0.884. The van der Waals surface area contributed by atoms with E-state index in [1.165, 1.54) is 0 Å². The Labute approximate surface area is 66.0 Å². The molecule has 1 aromatic heterocycles. The van der Waals surface area contributed by atoms with Gasteiger partial charge in [0, 0.05) is 6.54 Å². The molecule has 2 N–H and O–H groups in total. The molecule has 0 aliphatic rings. The highest BCUT2D eigenvalue weighted by atomic mass is 16.5. The standard InChI is InChI=1S/C7H13N3O/c1-3-10-5-6(8)9-7(10)11-4-2/h5H,3-4,8H2,1-2H3. The van der Waals surface area contributed by atoms with Crippen LogP contribution >= 0.6 is 0 Å². The van der Waals surface area contributed by atoms with Gasteiger partial charge in [0.25, 0.3) is 6.01 Å². The van der Waals surface area contributed by atoms with Crippen LogP contribution in [0.5, 0.6) is 6.01 Å². The molecule has 0 bridgehead atoms. The first-order chi connectivity index (χ1) is 5.27. The van der Waals surface area contributed by atoms with Crippen LogP contribution in [0.1, 0.15) is 13.8 Å². The summed E-state index contributed by atoms with van der Waals surface area (Å²) in [6.07, 6.45) is 1.77. The number of ether oxygens (including phenoxy) is 1. The maximum atomic E-state index is 5.47. The zero-order valence-corrected chi connectivity index (χ0v) is 6.87. The highest BCUT2D eigenvalue weighted by molar-refractivity contribution is 5.28. The molecule has 0 unspecified atom stereocenters. The van der Waals surface area contributed by atoms with Crippen molar-refractivity contribution in [3.8, 4) is 6.01 Å². The molecule has 62 valence electrons. The molecular formula is C7H13N3O. The van der Waals surface area contributed by atoms with Gasteiger partial charge in [0.2, 0.25) is 0 Å². The SMILES string of the molecule is CCOc1nc(N)cn1CC. The summed E-state index contributed by atoms with van der Waals surface area (Å²) < 4.78 is 7.09. The summed E-state index contributed by atoms with van der Waals surface area (Å²) in [4.78, 5) is 3.99. The molecule has 0 amide bonds. The first kappa shape index (κ1) is 7.91. The summed E-state index contributed by atoms with van der Waals surface area (Å²) in [5, 5.41) is 0. The first-order valence-electron chi connectivity index (χ1n) is 3.73. The second-order valence-corrected chi connectivity index (χ2v) is 2.17. The molecule has 11 heavy (non-hydrogen) atoms. The third-order valence-corrected chi connectivity index (χ3v) is 1.37. The lowest BCUT2D eigenvalue weighted by molar-refractivity contribution is 0.298. The van der Waals surface area contributed by atoms with Crippen molar-refractivity contribution >= 4 is 5.82 Å². The van der Waals surface area contributed by atoms with Crippen molar-refractivity contribution in [1.29, 1.82) is 0 Å². The number of aryl methyl sites for hydroxylation is 1. The van der Waals surface area contributed by atoms with Crippen LogP contribution in [-0.2, 0) is 6.54 Å². The lowest BCUT2D eigenvalue weighted by atomic mass is 10.7. The fraction of sp³-hybridized carbons (Fsp3) is 0.571. The van der Waals surface area contributed by atoms with Gasteiger partial charge in [0.1, 0.15) is 5.82 Å². The number of anilines is 1. The van der Waals surface area contributed by atoms with Crippen molar-refractivity contribution in [3.05, 3.63) is 6.20 Å². The smallest absolute Gasteiger partial charge is 0.298 e. The Balaban J connectivity index is 2.83. The van der Waals surface area contributed by atoms with E-state index in [0.717, 1.165) is 6.54 Å². The molecule has 0 aliphatic carbocycles. The molecule has 0 fully saturated rings. The minimum atomic E-state index is 0.510. The van der Waals surface area contributed by atoms with Crippen LogP contribution in [0.25, 0.3) is 0 Å². The Kier molecular flexibility index (Phi) is 2.36. The number of rotatable bonds is 3. The molecule has 0 spiro atoms. The number of nitrogens with zero attached hydrogens (tertiary/aromatic N) is 2. The van der Waals surface area contributed by atoms with Gasteiger partial charge in [0.05, 0.1) is 12.8 Å². The molecule has 0 aromatic carbocycles. The van der Waals surface area contributed by atoms with E-state index < -0.39 is 0 Å². The van der Waals surface area contributed by atoms with Crippen LogP contribution in [0.4, 0.5) is 5.82 Å². The van der Waals surface area contributed by atoms with Crippen LogP contribution < -0.4 is 10.5 Å². The second-order valence-electron chi connectivity index (χ2n) is 2.17. The Morgan fingerprint density at radius 2 is 2.36 bits per heavy atom. The van der Waals surface area contributed by atoms with E-state index in [2.05, 4.69) is 4.98 Å². The van der Waals surface area contributed by atoms with Gasteiger partial charge in [-0.3, -0.25) is 4.57 Å². The van der Waals surface area contributed by atoms with E-state index in [0.29, 0.717) is 18.4 Å². The molecule has 1 rings (SSSR count). The topological polar surface area (TPSA) is 53.1 Å². The molecule has 4 heteroatoms. The van der Waals surface area contributed by atoms with Gasteiger partial charge in [-0.1, -0.05) is 0 Å². The van der Waals surface area contributed by atoms with Crippen molar-refractivity contribution < 1.29 is 4.74 Å². The number of hydrogen-bond acceptors (Lipinski definition) is 3. The molecule has 0 radical (unpaired) electrons. The molecule has 0 saturated heterocycles. The monoisotopic (exact) mass is 155 g/mol. The Morgan fingerprint density at radius 3 is 2.91 bits per heavy atom. The van der Waals surface area contributed by atoms with Crippen molar-refractivity contribution in [1.82, 2.24) is 9.55 Å². The summed E-state index contributed by atoms with van der Waals surface area (Å²) in [6.45, 7) is 5.39. The molecule has 1 aromatic rings. The summed E-state index contributed by atoms with van der Waals surface area (Å²) >= 11 is 0. The summed E-state index contributed by atoms with van der Waals surface area (Å²) in [5.41, 5.74) is 5.47. The molecule has 1 heterocycles. The van der Waals surface area contributed by atoms with Gasteiger partial charge >= 0.3 is 0 Å². The summed E-state index contributed by atoms with van der Waals surface area (Å²) in [6, 6.07) is 0.604. The van der Waals surface area contributed by atoms with Crippen LogP contribution in [0.15, 0.2) is 6.20 Å². The van der Waals surface area contributed by atoms with E-state index in [9.17, 15) is 0 Å². The number of nitrogen functional groups attached to an aromatic ring is 1. The van der Waals surface area contributed by atoms with Crippen LogP contribution in [0.3, 0.4) is 0 Å². The predicted molar refractivity (Wildman–Crippen MR) is 43.5 cm³/mol. The molecule has 0 saturated carbocycles. The fourth-order valence-electron chi connectivity index (χ4n) is 0.889. The normalized spacial score (nSPS) is 10.0. The maximum Gasteiger partial charge on any atom is 0.298 e. The third-order valence-electron chi connectivity index (χ3n) is 1.37. The molecule has 0 atom stereocenters. The zero-order chi connectivity index (χ0) is 8.27. The number of nitrogens with two attached hydrogens (primary N) is 1. The maximum absolute atomic E-state index is 5.47. The van der Waals surface area contributed by atoms with E-state index in [1.807, 2.05) is 18.4 Å². The van der Waals surface area contributed by atoms with Crippen LogP contribution in [0.2, 0.25) is 0 Å². The highest BCUT2D eigenvalue weighted by Gasteiger charge is 2.03. The molecule has 0 aliphatic heterocycles. The van der Waals surface area contributed by atoms with Gasteiger partial charge in [0.15, 0.2) is 0 Å². The lowest BCUT2D eigenvalue weighted by Crippen LogP contribution is -2.00. The average Bonchev–Trinajstić information content (AvgIpc) is 2.32. The van der Waals surface area contributed by atoms with E-state index in [-0.39, 0.29) is 0 Å². The Hall–Kier alpha value is -1.19. The molecule has 4 nitrogen and oxygen atoms in total. The quantitative estimate of drug-likeness (QED) is 0.705. The number of aromatic nitrogens is 2.